The minimum absolute atomic E-state index is 0.368. The first-order chi connectivity index (χ1) is 8.11. The summed E-state index contributed by atoms with van der Waals surface area (Å²) in [6.07, 6.45) is 5.99. The van der Waals surface area contributed by atoms with Crippen LogP contribution in [0, 0.1) is 13.8 Å². The third-order valence-electron chi connectivity index (χ3n) is 3.20. The molecule has 0 saturated carbocycles. The smallest absolute Gasteiger partial charge is 0.248 e. The van der Waals surface area contributed by atoms with Crippen molar-refractivity contribution in [2.45, 2.75) is 13.8 Å². The fourth-order valence-corrected chi connectivity index (χ4v) is 2.08. The minimum Gasteiger partial charge on any atom is -0.387 e. The lowest BCUT2D eigenvalue weighted by Gasteiger charge is -2.16. The van der Waals surface area contributed by atoms with Crippen LogP contribution in [-0.4, -0.2) is 12.5 Å². The van der Waals surface area contributed by atoms with Gasteiger partial charge in [0.15, 0.2) is 0 Å². The Kier molecular flexibility index (Phi) is 3.00. The van der Waals surface area contributed by atoms with Crippen LogP contribution in [0.1, 0.15) is 27.0 Å². The standard InChI is InChI=1S/C14H16N2O/c1-9-10(2)13(14(15)17)6-5-12(9)11-4-3-7-16-8-11/h3-7,16H,8H2,1-2H3,(H2,15,17). The van der Waals surface area contributed by atoms with Crippen molar-refractivity contribution in [2.24, 2.45) is 5.73 Å². The van der Waals surface area contributed by atoms with E-state index in [9.17, 15) is 4.79 Å². The monoisotopic (exact) mass is 228 g/mol. The molecule has 0 aromatic heterocycles. The van der Waals surface area contributed by atoms with E-state index in [0.29, 0.717) is 5.56 Å². The van der Waals surface area contributed by atoms with Crippen LogP contribution in [0.25, 0.3) is 5.57 Å². The summed E-state index contributed by atoms with van der Waals surface area (Å²) in [5.74, 6) is -0.368. The molecular formula is C14H16N2O. The van der Waals surface area contributed by atoms with Gasteiger partial charge in [-0.15, -0.1) is 0 Å². The van der Waals surface area contributed by atoms with Gasteiger partial charge < -0.3 is 11.1 Å². The third-order valence-corrected chi connectivity index (χ3v) is 3.20. The Morgan fingerprint density at radius 3 is 2.65 bits per heavy atom. The van der Waals surface area contributed by atoms with Gasteiger partial charge in [0.25, 0.3) is 0 Å². The van der Waals surface area contributed by atoms with Gasteiger partial charge in [-0.05, 0) is 54.5 Å². The highest BCUT2D eigenvalue weighted by molar-refractivity contribution is 5.95. The van der Waals surface area contributed by atoms with E-state index in [1.807, 2.05) is 32.2 Å². The Balaban J connectivity index is 2.51. The topological polar surface area (TPSA) is 55.1 Å². The third kappa shape index (κ3) is 2.09. The molecule has 0 bridgehead atoms. The number of nitrogens with one attached hydrogen (secondary N) is 1. The number of hydrogen-bond acceptors (Lipinski definition) is 2. The quantitative estimate of drug-likeness (QED) is 0.812. The maximum atomic E-state index is 11.2. The lowest BCUT2D eigenvalue weighted by molar-refractivity contribution is 0.0999. The SMILES string of the molecule is Cc1c(C(N)=O)ccc(C2=CC=CNC2)c1C. The molecule has 3 N–H and O–H groups in total. The van der Waals surface area contributed by atoms with Crippen molar-refractivity contribution >= 4 is 11.5 Å². The van der Waals surface area contributed by atoms with E-state index in [1.165, 1.54) is 11.1 Å². The van der Waals surface area contributed by atoms with Crippen LogP contribution in [0.5, 0.6) is 0 Å². The van der Waals surface area contributed by atoms with Gasteiger partial charge in [0.1, 0.15) is 0 Å². The number of dihydropyridines is 1. The molecule has 2 rings (SSSR count). The van der Waals surface area contributed by atoms with Crippen LogP contribution in [0.4, 0.5) is 0 Å². The molecule has 0 radical (unpaired) electrons. The summed E-state index contributed by atoms with van der Waals surface area (Å²) in [5, 5.41) is 3.18. The predicted octanol–water partition coefficient (Wildman–Crippen LogP) is 1.90. The number of hydrogen-bond donors (Lipinski definition) is 2. The molecule has 3 nitrogen and oxygen atoms in total. The summed E-state index contributed by atoms with van der Waals surface area (Å²) in [5.41, 5.74) is 10.4. The molecule has 88 valence electrons. The molecule has 0 unspecified atom stereocenters. The second kappa shape index (κ2) is 4.45. The number of carbonyl (C=O) groups excluding carboxylic acids is 1. The Morgan fingerprint density at radius 1 is 1.29 bits per heavy atom. The zero-order valence-electron chi connectivity index (χ0n) is 10.1. The van der Waals surface area contributed by atoms with Gasteiger partial charge in [-0.1, -0.05) is 12.1 Å². The molecule has 0 fully saturated rings. The number of primary amides is 1. The van der Waals surface area contributed by atoms with Gasteiger partial charge in [0.2, 0.25) is 5.91 Å². The molecule has 0 atom stereocenters. The summed E-state index contributed by atoms with van der Waals surface area (Å²) >= 11 is 0. The van der Waals surface area contributed by atoms with E-state index < -0.39 is 0 Å². The fraction of sp³-hybridized carbons (Fsp3) is 0.214. The molecule has 0 aliphatic carbocycles. The summed E-state index contributed by atoms with van der Waals surface area (Å²) in [7, 11) is 0. The van der Waals surface area contributed by atoms with Crippen molar-refractivity contribution in [3.63, 3.8) is 0 Å². The van der Waals surface area contributed by atoms with Gasteiger partial charge in [0.05, 0.1) is 0 Å². The molecule has 1 heterocycles. The van der Waals surface area contributed by atoms with E-state index in [4.69, 9.17) is 5.73 Å². The number of allylic oxidation sites excluding steroid dienone is 2. The van der Waals surface area contributed by atoms with E-state index in [1.54, 1.807) is 6.07 Å². The summed E-state index contributed by atoms with van der Waals surface area (Å²) < 4.78 is 0. The number of rotatable bonds is 2. The molecule has 1 aromatic rings. The molecule has 1 aliphatic heterocycles. The fourth-order valence-electron chi connectivity index (χ4n) is 2.08. The molecular weight excluding hydrogens is 212 g/mol. The highest BCUT2D eigenvalue weighted by atomic mass is 16.1. The summed E-state index contributed by atoms with van der Waals surface area (Å²) in [4.78, 5) is 11.2. The number of amides is 1. The number of nitrogens with two attached hydrogens (primary N) is 1. The Morgan fingerprint density at radius 2 is 2.06 bits per heavy atom. The van der Waals surface area contributed by atoms with E-state index in [-0.39, 0.29) is 5.91 Å². The number of benzene rings is 1. The molecule has 1 aliphatic rings. The van der Waals surface area contributed by atoms with Crippen molar-refractivity contribution < 1.29 is 4.79 Å². The van der Waals surface area contributed by atoms with E-state index >= 15 is 0 Å². The minimum atomic E-state index is -0.368. The largest absolute Gasteiger partial charge is 0.387 e. The van der Waals surface area contributed by atoms with E-state index in [2.05, 4.69) is 11.4 Å². The average molecular weight is 228 g/mol. The van der Waals surface area contributed by atoms with Gasteiger partial charge in [-0.25, -0.2) is 0 Å². The normalized spacial score (nSPS) is 14.1. The molecule has 1 aromatic carbocycles. The van der Waals surface area contributed by atoms with Crippen molar-refractivity contribution in [3.8, 4) is 0 Å². The molecule has 3 heteroatoms. The first-order valence-corrected chi connectivity index (χ1v) is 5.60. The Labute approximate surface area is 101 Å². The summed E-state index contributed by atoms with van der Waals surface area (Å²) in [6.45, 7) is 4.77. The van der Waals surface area contributed by atoms with Crippen LogP contribution in [0.3, 0.4) is 0 Å². The predicted molar refractivity (Wildman–Crippen MR) is 69.6 cm³/mol. The van der Waals surface area contributed by atoms with Crippen LogP contribution in [0.15, 0.2) is 30.5 Å². The van der Waals surface area contributed by atoms with Gasteiger partial charge >= 0.3 is 0 Å². The van der Waals surface area contributed by atoms with Crippen molar-refractivity contribution in [2.75, 3.05) is 6.54 Å². The molecule has 17 heavy (non-hydrogen) atoms. The Bertz CT molecular complexity index is 527. The maximum Gasteiger partial charge on any atom is 0.248 e. The first-order valence-electron chi connectivity index (χ1n) is 5.60. The lowest BCUT2D eigenvalue weighted by atomic mass is 9.92. The molecule has 0 saturated heterocycles. The zero-order valence-corrected chi connectivity index (χ0v) is 10.1. The highest BCUT2D eigenvalue weighted by Gasteiger charge is 2.12. The molecule has 0 spiro atoms. The van der Waals surface area contributed by atoms with Crippen LogP contribution in [-0.2, 0) is 0 Å². The highest BCUT2D eigenvalue weighted by Crippen LogP contribution is 2.24. The van der Waals surface area contributed by atoms with Crippen molar-refractivity contribution in [1.82, 2.24) is 5.32 Å². The van der Waals surface area contributed by atoms with Crippen molar-refractivity contribution in [3.05, 3.63) is 52.7 Å². The van der Waals surface area contributed by atoms with Gasteiger partial charge in [-0.2, -0.15) is 0 Å². The van der Waals surface area contributed by atoms with Gasteiger partial charge in [-0.3, -0.25) is 4.79 Å². The van der Waals surface area contributed by atoms with Crippen LogP contribution >= 0.6 is 0 Å². The van der Waals surface area contributed by atoms with Crippen molar-refractivity contribution in [1.29, 1.82) is 0 Å². The first kappa shape index (κ1) is 11.5. The lowest BCUT2D eigenvalue weighted by Crippen LogP contribution is -2.16. The zero-order chi connectivity index (χ0) is 12.4. The van der Waals surface area contributed by atoms with Crippen LogP contribution in [0.2, 0.25) is 0 Å². The maximum absolute atomic E-state index is 11.2. The van der Waals surface area contributed by atoms with Gasteiger partial charge in [0, 0.05) is 12.1 Å². The second-order valence-electron chi connectivity index (χ2n) is 4.21. The van der Waals surface area contributed by atoms with E-state index in [0.717, 1.165) is 17.7 Å². The Hall–Kier alpha value is -2.03. The number of carbonyl (C=O) groups is 1. The average Bonchev–Trinajstić information content (AvgIpc) is 2.33. The summed E-state index contributed by atoms with van der Waals surface area (Å²) in [6, 6.07) is 3.77. The molecule has 1 amide bonds. The van der Waals surface area contributed by atoms with Crippen LogP contribution < -0.4 is 11.1 Å². The second-order valence-corrected chi connectivity index (χ2v) is 4.21.